The highest BCUT2D eigenvalue weighted by atomic mass is 31.3. The van der Waals surface area contributed by atoms with Gasteiger partial charge in [0.1, 0.15) is 0 Å². The Balaban J connectivity index is 2.19. The molecule has 0 aliphatic carbocycles. The Morgan fingerprint density at radius 1 is 0.706 bits per heavy atom. The molecule has 0 N–H and O–H groups in total. The van der Waals surface area contributed by atoms with Crippen LogP contribution in [0.4, 0.5) is 0 Å². The Bertz CT molecular complexity index is 244. The second kappa shape index (κ2) is 4.73. The maximum absolute atomic E-state index is 6.80. The van der Waals surface area contributed by atoms with Crippen molar-refractivity contribution in [2.75, 3.05) is 0 Å². The predicted molar refractivity (Wildman–Crippen MR) is 82.0 cm³/mol. The Kier molecular flexibility index (Phi) is 3.96. The van der Waals surface area contributed by atoms with Gasteiger partial charge in [0.25, 0.3) is 0 Å². The molecule has 0 bridgehead atoms. The van der Waals surface area contributed by atoms with Crippen molar-refractivity contribution in [3.63, 3.8) is 0 Å². The summed E-state index contributed by atoms with van der Waals surface area (Å²) in [6.45, 7) is 18.6. The molecule has 0 radical (unpaired) electrons. The Morgan fingerprint density at radius 3 is 1.18 bits per heavy atom. The topological polar surface area (TPSA) is 9.23 Å². The molecule has 3 heteroatoms. The van der Waals surface area contributed by atoms with Gasteiger partial charge in [0.2, 0.25) is 0 Å². The van der Waals surface area contributed by atoms with Gasteiger partial charge in [0, 0.05) is 0 Å². The molecule has 0 aromatic heterocycles. The molecular formula is C14H28OP2. The van der Waals surface area contributed by atoms with E-state index in [2.05, 4.69) is 41.0 Å². The van der Waals surface area contributed by atoms with E-state index in [0.717, 1.165) is 0 Å². The minimum absolute atomic E-state index is 0.691. The van der Waals surface area contributed by atoms with E-state index in [4.69, 9.17) is 4.31 Å². The van der Waals surface area contributed by atoms with Crippen molar-refractivity contribution >= 4 is 15.0 Å². The van der Waals surface area contributed by atoms with Crippen molar-refractivity contribution in [1.29, 1.82) is 0 Å². The van der Waals surface area contributed by atoms with E-state index in [0.29, 0.717) is 22.6 Å². The van der Waals surface area contributed by atoms with Gasteiger partial charge in [-0.25, -0.2) is 0 Å². The molecule has 0 aromatic carbocycles. The normalized spacial score (nSPS) is 44.1. The molecule has 2 aliphatic heterocycles. The van der Waals surface area contributed by atoms with Gasteiger partial charge in [-0.2, -0.15) is 4.31 Å². The average Bonchev–Trinajstić information content (AvgIpc) is 2.65. The molecule has 4 atom stereocenters. The van der Waals surface area contributed by atoms with Crippen LogP contribution in [0.3, 0.4) is 0 Å². The zero-order valence-electron chi connectivity index (χ0n) is 11.9. The van der Waals surface area contributed by atoms with Gasteiger partial charge in [-0.05, 0) is 53.4 Å². The third-order valence-electron chi connectivity index (χ3n) is 5.29. The van der Waals surface area contributed by atoms with Crippen molar-refractivity contribution in [2.45, 2.75) is 76.0 Å². The number of rotatable bonds is 2. The summed E-state index contributed by atoms with van der Waals surface area (Å²) in [5.74, 6) is 0. The first-order valence-electron chi connectivity index (χ1n) is 6.97. The van der Waals surface area contributed by atoms with Crippen molar-refractivity contribution < 1.29 is 4.31 Å². The Labute approximate surface area is 109 Å². The highest BCUT2D eigenvalue weighted by Gasteiger charge is 2.56. The molecule has 1 nitrogen and oxygen atoms in total. The number of hydrogen-bond acceptors (Lipinski definition) is 1. The van der Waals surface area contributed by atoms with Crippen LogP contribution >= 0.6 is 15.0 Å². The lowest BCUT2D eigenvalue weighted by Gasteiger charge is -2.41. The molecule has 2 aliphatic rings. The van der Waals surface area contributed by atoms with E-state index in [-0.39, 0.29) is 0 Å². The largest absolute Gasteiger partial charge is 0.164 e. The maximum atomic E-state index is 6.80. The quantitative estimate of drug-likeness (QED) is 0.471. The molecule has 100 valence electrons. The van der Waals surface area contributed by atoms with E-state index < -0.39 is 15.0 Å². The zero-order chi connectivity index (χ0) is 12.8. The first-order valence-corrected chi connectivity index (χ1v) is 11.0. The van der Waals surface area contributed by atoms with Gasteiger partial charge in [-0.15, -0.1) is 13.3 Å². The lowest BCUT2D eigenvalue weighted by atomic mass is 10.2. The summed E-state index contributed by atoms with van der Waals surface area (Å²) in [5.41, 5.74) is 2.76. The van der Waals surface area contributed by atoms with Crippen LogP contribution < -0.4 is 0 Å². The summed E-state index contributed by atoms with van der Waals surface area (Å²) in [4.78, 5) is 0. The predicted octanol–water partition coefficient (Wildman–Crippen LogP) is 5.59. The molecule has 17 heavy (non-hydrogen) atoms. The molecule has 0 amide bonds. The van der Waals surface area contributed by atoms with Crippen LogP contribution in [0, 0.1) is 13.3 Å². The second-order valence-electron chi connectivity index (χ2n) is 6.34. The van der Waals surface area contributed by atoms with Crippen molar-refractivity contribution in [1.82, 2.24) is 0 Å². The lowest BCUT2D eigenvalue weighted by molar-refractivity contribution is 0.620. The first kappa shape index (κ1) is 14.2. The van der Waals surface area contributed by atoms with Crippen molar-refractivity contribution in [2.24, 2.45) is 0 Å². The Hall–Kier alpha value is 0.820. The summed E-state index contributed by atoms with van der Waals surface area (Å²) in [7, 11) is -2.91. The van der Waals surface area contributed by atoms with E-state index in [9.17, 15) is 0 Å². The van der Waals surface area contributed by atoms with Crippen LogP contribution in [0.5, 0.6) is 0 Å². The molecule has 0 spiro atoms. The fraction of sp³-hybridized carbons (Fsp3) is 0.857. The molecule has 0 saturated carbocycles. The fourth-order valence-electron chi connectivity index (χ4n) is 3.31. The summed E-state index contributed by atoms with van der Waals surface area (Å²) in [6, 6.07) is 0. The van der Waals surface area contributed by atoms with Crippen LogP contribution in [0.1, 0.15) is 53.4 Å². The van der Waals surface area contributed by atoms with E-state index in [1.807, 2.05) is 0 Å². The maximum Gasteiger partial charge on any atom is 0.0710 e. The highest BCUT2D eigenvalue weighted by molar-refractivity contribution is 7.86. The third kappa shape index (κ3) is 2.22. The second-order valence-corrected chi connectivity index (χ2v) is 13.9. The van der Waals surface area contributed by atoms with Crippen molar-refractivity contribution in [3.05, 3.63) is 13.3 Å². The molecular weight excluding hydrogens is 246 g/mol. The monoisotopic (exact) mass is 274 g/mol. The summed E-state index contributed by atoms with van der Waals surface area (Å²) >= 11 is 0. The van der Waals surface area contributed by atoms with Crippen LogP contribution in [-0.4, -0.2) is 22.6 Å². The molecule has 2 saturated heterocycles. The fourth-order valence-corrected chi connectivity index (χ4v) is 12.2. The van der Waals surface area contributed by atoms with Crippen LogP contribution in [0.25, 0.3) is 0 Å². The van der Waals surface area contributed by atoms with Crippen LogP contribution in [0.2, 0.25) is 0 Å². The van der Waals surface area contributed by atoms with Crippen molar-refractivity contribution in [3.8, 4) is 0 Å². The average molecular weight is 274 g/mol. The SMILES string of the molecule is [CH2-][P+]1(O[P+]2([CH2-])[C@H](C)CC[C@H]2C)[C@H](C)CC[C@H]1C. The molecule has 0 unspecified atom stereocenters. The smallest absolute Gasteiger partial charge is 0.0710 e. The van der Waals surface area contributed by atoms with E-state index >= 15 is 0 Å². The van der Waals surface area contributed by atoms with Gasteiger partial charge in [0.05, 0.1) is 37.6 Å². The van der Waals surface area contributed by atoms with E-state index in [1.54, 1.807) is 0 Å². The molecule has 2 fully saturated rings. The summed E-state index contributed by atoms with van der Waals surface area (Å²) < 4.78 is 6.80. The van der Waals surface area contributed by atoms with Gasteiger partial charge in [0.15, 0.2) is 0 Å². The first-order chi connectivity index (χ1) is 7.80. The molecule has 2 heterocycles. The molecule has 2 rings (SSSR count). The third-order valence-corrected chi connectivity index (χ3v) is 14.7. The van der Waals surface area contributed by atoms with Gasteiger partial charge in [-0.3, -0.25) is 0 Å². The van der Waals surface area contributed by atoms with Crippen LogP contribution in [0.15, 0.2) is 0 Å². The number of hydrogen-bond donors (Lipinski definition) is 0. The minimum atomic E-state index is -1.45. The van der Waals surface area contributed by atoms with Gasteiger partial charge >= 0.3 is 0 Å². The summed E-state index contributed by atoms with van der Waals surface area (Å²) in [6.07, 6.45) is 5.23. The lowest BCUT2D eigenvalue weighted by Crippen LogP contribution is -2.17. The van der Waals surface area contributed by atoms with E-state index in [1.165, 1.54) is 25.7 Å². The molecule has 0 aromatic rings. The zero-order valence-corrected chi connectivity index (χ0v) is 13.6. The standard InChI is InChI=1S/C14H28OP2/c1-11-7-8-12(2)16(11,5)15-17(6)13(3)9-10-14(17)4/h11-14H,5-10H2,1-4H3/t11-,12-,13-,14-/m1/s1. The Morgan fingerprint density at radius 2 is 0.941 bits per heavy atom. The van der Waals surface area contributed by atoms with Gasteiger partial charge in [-0.1, -0.05) is 0 Å². The highest BCUT2D eigenvalue weighted by Crippen LogP contribution is 2.86. The summed E-state index contributed by atoms with van der Waals surface area (Å²) in [5, 5.41) is 0. The van der Waals surface area contributed by atoms with Gasteiger partial charge < -0.3 is 0 Å². The minimum Gasteiger partial charge on any atom is -0.164 e. The van der Waals surface area contributed by atoms with Crippen LogP contribution in [-0.2, 0) is 4.31 Å².